The van der Waals surface area contributed by atoms with Crippen LogP contribution < -0.4 is 4.74 Å². The van der Waals surface area contributed by atoms with Crippen molar-refractivity contribution in [2.24, 2.45) is 0 Å². The highest BCUT2D eigenvalue weighted by atomic mass is 19.1. The van der Waals surface area contributed by atoms with Crippen molar-refractivity contribution < 1.29 is 18.7 Å². The van der Waals surface area contributed by atoms with Gasteiger partial charge in [-0.3, -0.25) is 9.89 Å². The second kappa shape index (κ2) is 7.23. The maximum absolute atomic E-state index is 12.9. The van der Waals surface area contributed by atoms with Crippen LogP contribution in [0.5, 0.6) is 5.75 Å². The van der Waals surface area contributed by atoms with Gasteiger partial charge in [0.15, 0.2) is 5.69 Å². The normalized spacial score (nSPS) is 19.4. The van der Waals surface area contributed by atoms with E-state index in [4.69, 9.17) is 9.47 Å². The molecule has 0 spiro atoms. The summed E-state index contributed by atoms with van der Waals surface area (Å²) in [7, 11) is 1.71. The lowest BCUT2D eigenvalue weighted by Crippen LogP contribution is -2.32. The summed E-state index contributed by atoms with van der Waals surface area (Å²) in [4.78, 5) is 14.2. The Bertz CT molecular complexity index is 745. The molecule has 0 saturated carbocycles. The molecular formula is C18H22FN3O3. The number of amides is 1. The smallest absolute Gasteiger partial charge is 0.274 e. The van der Waals surface area contributed by atoms with E-state index in [-0.39, 0.29) is 23.9 Å². The van der Waals surface area contributed by atoms with E-state index >= 15 is 0 Å². The predicted octanol–water partition coefficient (Wildman–Crippen LogP) is 2.72. The standard InChI is InChI=1S/C18H22FN3O3/c1-11-10-15-16(12(2)25-11)20-21-17(15)18(23)22(3)8-9-24-14-6-4-13(19)5-7-14/h4-7,11-12H,8-10H2,1-3H3,(H,20,21)/t11-,12+/m1/s1. The Balaban J connectivity index is 1.60. The topological polar surface area (TPSA) is 67.5 Å². The van der Waals surface area contributed by atoms with Crippen LogP contribution in [-0.4, -0.2) is 47.3 Å². The van der Waals surface area contributed by atoms with E-state index in [0.717, 1.165) is 11.3 Å². The Kier molecular flexibility index (Phi) is 5.03. The zero-order chi connectivity index (χ0) is 18.0. The van der Waals surface area contributed by atoms with Gasteiger partial charge in [0, 0.05) is 19.0 Å². The van der Waals surface area contributed by atoms with E-state index in [0.29, 0.717) is 31.0 Å². The zero-order valence-electron chi connectivity index (χ0n) is 14.6. The number of rotatable bonds is 5. The van der Waals surface area contributed by atoms with Gasteiger partial charge in [0.25, 0.3) is 5.91 Å². The van der Waals surface area contributed by atoms with Crippen molar-refractivity contribution in [2.75, 3.05) is 20.2 Å². The van der Waals surface area contributed by atoms with E-state index in [1.54, 1.807) is 24.1 Å². The fourth-order valence-electron chi connectivity index (χ4n) is 2.96. The fourth-order valence-corrected chi connectivity index (χ4v) is 2.96. The Morgan fingerprint density at radius 1 is 1.40 bits per heavy atom. The van der Waals surface area contributed by atoms with Gasteiger partial charge in [-0.05, 0) is 38.1 Å². The number of carbonyl (C=O) groups is 1. The maximum Gasteiger partial charge on any atom is 0.274 e. The van der Waals surface area contributed by atoms with Crippen LogP contribution in [0.15, 0.2) is 24.3 Å². The second-order valence-corrected chi connectivity index (χ2v) is 6.29. The third-order valence-electron chi connectivity index (χ3n) is 4.29. The number of carbonyl (C=O) groups excluding carboxylic acids is 1. The number of aromatic nitrogens is 2. The fraction of sp³-hybridized carbons (Fsp3) is 0.444. The molecule has 1 aromatic heterocycles. The first-order valence-electron chi connectivity index (χ1n) is 8.32. The van der Waals surface area contributed by atoms with E-state index in [1.807, 2.05) is 13.8 Å². The number of H-pyrrole nitrogens is 1. The van der Waals surface area contributed by atoms with Crippen LogP contribution in [0.25, 0.3) is 0 Å². The number of hydrogen-bond donors (Lipinski definition) is 1. The molecule has 7 heteroatoms. The van der Waals surface area contributed by atoms with Gasteiger partial charge in [0.1, 0.15) is 18.2 Å². The lowest BCUT2D eigenvalue weighted by molar-refractivity contribution is -0.00701. The Hall–Kier alpha value is -2.41. The number of fused-ring (bicyclic) bond motifs is 1. The van der Waals surface area contributed by atoms with Gasteiger partial charge < -0.3 is 14.4 Å². The average molecular weight is 347 g/mol. The molecule has 2 heterocycles. The minimum Gasteiger partial charge on any atom is -0.492 e. The molecule has 0 aliphatic carbocycles. The molecule has 1 aliphatic rings. The van der Waals surface area contributed by atoms with Gasteiger partial charge in [-0.2, -0.15) is 5.10 Å². The molecule has 3 rings (SSSR count). The lowest BCUT2D eigenvalue weighted by atomic mass is 9.99. The Morgan fingerprint density at radius 3 is 2.84 bits per heavy atom. The van der Waals surface area contributed by atoms with Crippen molar-refractivity contribution in [2.45, 2.75) is 32.5 Å². The highest BCUT2D eigenvalue weighted by molar-refractivity contribution is 5.94. The minimum atomic E-state index is -0.310. The van der Waals surface area contributed by atoms with Crippen molar-refractivity contribution >= 4 is 5.91 Å². The van der Waals surface area contributed by atoms with Crippen molar-refractivity contribution in [1.82, 2.24) is 15.1 Å². The molecule has 1 N–H and O–H groups in total. The summed E-state index contributed by atoms with van der Waals surface area (Å²) >= 11 is 0. The third kappa shape index (κ3) is 3.82. The van der Waals surface area contributed by atoms with Crippen LogP contribution in [0.3, 0.4) is 0 Å². The predicted molar refractivity (Wildman–Crippen MR) is 90.1 cm³/mol. The van der Waals surface area contributed by atoms with Gasteiger partial charge in [-0.25, -0.2) is 4.39 Å². The van der Waals surface area contributed by atoms with Crippen LogP contribution in [0.2, 0.25) is 0 Å². The third-order valence-corrected chi connectivity index (χ3v) is 4.29. The molecule has 1 amide bonds. The SMILES string of the molecule is C[C@@H]1Cc2c(C(=O)N(C)CCOc3ccc(F)cc3)n[nH]c2[C@H](C)O1. The quantitative estimate of drug-likeness (QED) is 0.903. The zero-order valence-corrected chi connectivity index (χ0v) is 14.6. The van der Waals surface area contributed by atoms with Gasteiger partial charge in [-0.1, -0.05) is 0 Å². The second-order valence-electron chi connectivity index (χ2n) is 6.29. The molecule has 0 unspecified atom stereocenters. The average Bonchev–Trinajstić information content (AvgIpc) is 3.00. The van der Waals surface area contributed by atoms with Crippen LogP contribution >= 0.6 is 0 Å². The lowest BCUT2D eigenvalue weighted by Gasteiger charge is -2.25. The number of aromatic amines is 1. The molecule has 0 fully saturated rings. The summed E-state index contributed by atoms with van der Waals surface area (Å²) in [6, 6.07) is 5.79. The van der Waals surface area contributed by atoms with E-state index < -0.39 is 0 Å². The number of nitrogens with zero attached hydrogens (tertiary/aromatic N) is 2. The summed E-state index contributed by atoms with van der Waals surface area (Å²) < 4.78 is 24.1. The number of benzene rings is 1. The van der Waals surface area contributed by atoms with Gasteiger partial charge in [-0.15, -0.1) is 0 Å². The molecule has 134 valence electrons. The first-order chi connectivity index (χ1) is 12.0. The summed E-state index contributed by atoms with van der Waals surface area (Å²) in [6.45, 7) is 4.65. The summed E-state index contributed by atoms with van der Waals surface area (Å²) in [5, 5.41) is 7.13. The number of hydrogen-bond acceptors (Lipinski definition) is 4. The molecule has 2 atom stereocenters. The number of halogens is 1. The van der Waals surface area contributed by atoms with Crippen molar-refractivity contribution in [3.05, 3.63) is 47.0 Å². The molecule has 1 aromatic carbocycles. The maximum atomic E-state index is 12.9. The monoisotopic (exact) mass is 347 g/mol. The number of ether oxygens (including phenoxy) is 2. The molecular weight excluding hydrogens is 325 g/mol. The van der Waals surface area contributed by atoms with Crippen molar-refractivity contribution in [3.8, 4) is 5.75 Å². The van der Waals surface area contributed by atoms with E-state index in [9.17, 15) is 9.18 Å². The first kappa shape index (κ1) is 17.4. The van der Waals surface area contributed by atoms with Crippen LogP contribution in [0.4, 0.5) is 4.39 Å². The van der Waals surface area contributed by atoms with Gasteiger partial charge in [0.2, 0.25) is 0 Å². The minimum absolute atomic E-state index is 0.0544. The van der Waals surface area contributed by atoms with Crippen molar-refractivity contribution in [1.29, 1.82) is 0 Å². The molecule has 25 heavy (non-hydrogen) atoms. The molecule has 2 aromatic rings. The highest BCUT2D eigenvalue weighted by Gasteiger charge is 2.30. The molecule has 0 radical (unpaired) electrons. The van der Waals surface area contributed by atoms with Crippen LogP contribution in [0, 0.1) is 5.82 Å². The molecule has 0 saturated heterocycles. The summed E-state index contributed by atoms with van der Waals surface area (Å²) in [5.74, 6) is 0.107. The molecule has 1 aliphatic heterocycles. The Labute approximate surface area is 145 Å². The number of nitrogens with one attached hydrogen (secondary N) is 1. The van der Waals surface area contributed by atoms with Gasteiger partial charge >= 0.3 is 0 Å². The number of likely N-dealkylation sites (N-methyl/N-ethyl adjacent to an activating group) is 1. The molecule has 0 bridgehead atoms. The summed E-state index contributed by atoms with van der Waals surface area (Å²) in [6.07, 6.45) is 0.621. The van der Waals surface area contributed by atoms with E-state index in [1.165, 1.54) is 12.1 Å². The molecule has 6 nitrogen and oxygen atoms in total. The van der Waals surface area contributed by atoms with E-state index in [2.05, 4.69) is 10.2 Å². The first-order valence-corrected chi connectivity index (χ1v) is 8.32. The van der Waals surface area contributed by atoms with Crippen molar-refractivity contribution in [3.63, 3.8) is 0 Å². The highest BCUT2D eigenvalue weighted by Crippen LogP contribution is 2.30. The van der Waals surface area contributed by atoms with Crippen LogP contribution in [-0.2, 0) is 11.2 Å². The van der Waals surface area contributed by atoms with Gasteiger partial charge in [0.05, 0.1) is 24.4 Å². The van der Waals surface area contributed by atoms with Crippen LogP contribution in [0.1, 0.15) is 41.7 Å². The summed E-state index contributed by atoms with van der Waals surface area (Å²) in [5.41, 5.74) is 2.25. The Morgan fingerprint density at radius 2 is 2.12 bits per heavy atom. The largest absolute Gasteiger partial charge is 0.492 e.